The summed E-state index contributed by atoms with van der Waals surface area (Å²) in [5.41, 5.74) is 6.28. The van der Waals surface area contributed by atoms with Gasteiger partial charge in [-0.2, -0.15) is 5.26 Å². The summed E-state index contributed by atoms with van der Waals surface area (Å²) >= 11 is 0. The summed E-state index contributed by atoms with van der Waals surface area (Å²) in [7, 11) is 6.55. The van der Waals surface area contributed by atoms with Crippen LogP contribution < -0.4 is 0 Å². The summed E-state index contributed by atoms with van der Waals surface area (Å²) in [4.78, 5) is 7.32. The number of hydrogen-bond acceptors (Lipinski definition) is 6. The van der Waals surface area contributed by atoms with Gasteiger partial charge in [0, 0.05) is 37.9 Å². The van der Waals surface area contributed by atoms with E-state index in [0.717, 1.165) is 48.0 Å². The molecule has 3 aliphatic rings. The molecule has 1 aromatic carbocycles. The molecule has 0 N–H and O–H groups in total. The van der Waals surface area contributed by atoms with Crippen molar-refractivity contribution in [3.63, 3.8) is 0 Å². The number of rotatable bonds is 3. The van der Waals surface area contributed by atoms with Gasteiger partial charge in [0.05, 0.1) is 35.3 Å². The highest BCUT2D eigenvalue weighted by molar-refractivity contribution is 5.75. The van der Waals surface area contributed by atoms with Crippen molar-refractivity contribution >= 4 is 5.70 Å². The molecule has 0 bridgehead atoms. The summed E-state index contributed by atoms with van der Waals surface area (Å²) in [6.45, 7) is 2.93. The molecule has 3 aromatic rings. The minimum Gasteiger partial charge on any atom is -0.356 e. The van der Waals surface area contributed by atoms with Gasteiger partial charge in [0.1, 0.15) is 12.5 Å². The van der Waals surface area contributed by atoms with Gasteiger partial charge in [0.2, 0.25) is 0 Å². The summed E-state index contributed by atoms with van der Waals surface area (Å²) in [5, 5.41) is 17.9. The Kier molecular flexibility index (Phi) is 4.90. The Morgan fingerprint density at radius 1 is 1.15 bits per heavy atom. The number of fused-ring (bicyclic) bond motifs is 4. The average Bonchev–Trinajstić information content (AvgIpc) is 3.59. The average molecular weight is 453 g/mol. The smallest absolute Gasteiger partial charge is 0.185 e. The quantitative estimate of drug-likeness (QED) is 0.609. The summed E-state index contributed by atoms with van der Waals surface area (Å²) in [6.07, 6.45) is 9.98. The lowest BCUT2D eigenvalue weighted by atomic mass is 10.1. The van der Waals surface area contributed by atoms with Crippen LogP contribution in [0.1, 0.15) is 12.0 Å². The normalized spacial score (nSPS) is 21.9. The number of hydrogen-bond donors (Lipinski definition) is 0. The molecule has 1 saturated heterocycles. The third-order valence-corrected chi connectivity index (χ3v) is 7.44. The van der Waals surface area contributed by atoms with Crippen molar-refractivity contribution in [1.82, 2.24) is 34.0 Å². The third kappa shape index (κ3) is 3.28. The fourth-order valence-electron chi connectivity index (χ4n) is 5.42. The van der Waals surface area contributed by atoms with Crippen LogP contribution in [0, 0.1) is 11.3 Å². The van der Waals surface area contributed by atoms with E-state index in [1.54, 1.807) is 0 Å². The van der Waals surface area contributed by atoms with E-state index >= 15 is 0 Å². The Morgan fingerprint density at radius 3 is 2.71 bits per heavy atom. The minimum absolute atomic E-state index is 0.235. The van der Waals surface area contributed by atoms with Crippen molar-refractivity contribution in [1.29, 1.82) is 5.26 Å². The number of benzene rings is 1. The molecule has 8 nitrogen and oxygen atoms in total. The zero-order chi connectivity index (χ0) is 23.4. The second kappa shape index (κ2) is 7.97. The van der Waals surface area contributed by atoms with Crippen LogP contribution in [-0.4, -0.2) is 80.5 Å². The highest BCUT2D eigenvalue weighted by Crippen LogP contribution is 2.37. The minimum atomic E-state index is 0.235. The Labute approximate surface area is 199 Å². The van der Waals surface area contributed by atoms with Gasteiger partial charge < -0.3 is 14.4 Å². The summed E-state index contributed by atoms with van der Waals surface area (Å²) < 4.78 is 4.38. The Bertz CT molecular complexity index is 1330. The summed E-state index contributed by atoms with van der Waals surface area (Å²) in [6, 6.07) is 12.7. The first-order valence-electron chi connectivity index (χ1n) is 11.7. The molecule has 8 heteroatoms. The number of aromatic nitrogens is 4. The van der Waals surface area contributed by atoms with Crippen LogP contribution in [0.2, 0.25) is 0 Å². The van der Waals surface area contributed by atoms with Gasteiger partial charge in [-0.05, 0) is 56.4 Å². The van der Waals surface area contributed by atoms with Gasteiger partial charge in [0.15, 0.2) is 5.82 Å². The molecule has 2 atom stereocenters. The molecule has 5 heterocycles. The number of likely N-dealkylation sites (N-methyl/N-ethyl adjacent to an activating group) is 2. The van der Waals surface area contributed by atoms with Crippen LogP contribution in [0.3, 0.4) is 0 Å². The Hall–Kier alpha value is -3.67. The van der Waals surface area contributed by atoms with Crippen molar-refractivity contribution in [2.24, 2.45) is 0 Å². The maximum atomic E-state index is 9.13. The maximum absolute atomic E-state index is 9.13. The highest BCUT2D eigenvalue weighted by atomic mass is 15.4. The molecule has 0 radical (unpaired) electrons. The van der Waals surface area contributed by atoms with Gasteiger partial charge >= 0.3 is 0 Å². The zero-order valence-electron chi connectivity index (χ0n) is 19.8. The van der Waals surface area contributed by atoms with Gasteiger partial charge in [-0.1, -0.05) is 12.1 Å². The van der Waals surface area contributed by atoms with Crippen LogP contribution in [0.5, 0.6) is 0 Å². The van der Waals surface area contributed by atoms with E-state index in [1.807, 2.05) is 30.6 Å². The molecule has 6 rings (SSSR count). The van der Waals surface area contributed by atoms with Crippen molar-refractivity contribution in [2.75, 3.05) is 34.2 Å². The monoisotopic (exact) mass is 452 g/mol. The molecule has 1 unspecified atom stereocenters. The van der Waals surface area contributed by atoms with Crippen LogP contribution in [0.25, 0.3) is 28.3 Å². The molecule has 0 saturated carbocycles. The van der Waals surface area contributed by atoms with Crippen LogP contribution in [0.15, 0.2) is 60.7 Å². The molecule has 1 fully saturated rings. The van der Waals surface area contributed by atoms with Gasteiger partial charge in [-0.15, -0.1) is 10.2 Å². The number of nitriles is 1. The molecule has 2 aromatic heterocycles. The fraction of sp³-hybridized carbons (Fsp3) is 0.346. The van der Waals surface area contributed by atoms with E-state index in [2.05, 4.69) is 85.7 Å². The fourth-order valence-corrected chi connectivity index (χ4v) is 5.42. The predicted molar refractivity (Wildman–Crippen MR) is 131 cm³/mol. The maximum Gasteiger partial charge on any atom is 0.185 e. The highest BCUT2D eigenvalue weighted by Gasteiger charge is 2.35. The first-order valence-corrected chi connectivity index (χ1v) is 11.7. The van der Waals surface area contributed by atoms with E-state index in [0.29, 0.717) is 11.6 Å². The van der Waals surface area contributed by atoms with Gasteiger partial charge in [-0.3, -0.25) is 9.47 Å². The first kappa shape index (κ1) is 20.9. The van der Waals surface area contributed by atoms with Gasteiger partial charge in [-0.25, -0.2) is 0 Å². The van der Waals surface area contributed by atoms with E-state index in [9.17, 15) is 0 Å². The number of likely N-dealkylation sites (tertiary alicyclic amines) is 1. The Morgan fingerprint density at radius 2 is 1.97 bits per heavy atom. The molecule has 172 valence electrons. The number of allylic oxidation sites excluding steroid dienone is 3. The molecule has 3 aliphatic heterocycles. The summed E-state index contributed by atoms with van der Waals surface area (Å²) in [5.74, 6) is 0.843. The van der Waals surface area contributed by atoms with Crippen LogP contribution in [0.4, 0.5) is 0 Å². The second-order valence-electron chi connectivity index (χ2n) is 9.57. The Balaban J connectivity index is 1.36. The number of nitrogens with zero attached hydrogens (tertiary/aromatic N) is 8. The molecular weight excluding hydrogens is 424 g/mol. The van der Waals surface area contributed by atoms with E-state index < -0.39 is 0 Å². The standard InChI is InChI=1S/C26H28N8/c1-30(2)21-10-11-32(15-21)25-9-8-22-24(31(25)3)16-33-14-20(19-6-4-18(13-27)5-7-19)12-23(33)26-29-28-17-34(22)26/h4-9,12,14,17,21,25H,10-11,15-16H2,1-3H3/t21-,25?/m1/s1. The van der Waals surface area contributed by atoms with Gasteiger partial charge in [0.25, 0.3) is 0 Å². The first-order chi connectivity index (χ1) is 16.5. The van der Waals surface area contributed by atoms with E-state index in [1.165, 1.54) is 12.1 Å². The molecule has 34 heavy (non-hydrogen) atoms. The SMILES string of the molecule is CN1C2=C(C=CC1N1CC[C@@H](N(C)C)C1)n1cnnc1-c1cc(-c3ccc(C#N)cc3)cn1C2. The van der Waals surface area contributed by atoms with Crippen LogP contribution >= 0.6 is 0 Å². The lowest BCUT2D eigenvalue weighted by Crippen LogP contribution is -2.47. The third-order valence-electron chi connectivity index (χ3n) is 7.44. The van der Waals surface area contributed by atoms with Crippen molar-refractivity contribution < 1.29 is 0 Å². The van der Waals surface area contributed by atoms with Crippen molar-refractivity contribution in [2.45, 2.75) is 25.2 Å². The lowest BCUT2D eigenvalue weighted by Gasteiger charge is -2.39. The van der Waals surface area contributed by atoms with E-state index in [4.69, 9.17) is 5.26 Å². The van der Waals surface area contributed by atoms with E-state index in [-0.39, 0.29) is 6.17 Å². The van der Waals surface area contributed by atoms with Crippen LogP contribution in [-0.2, 0) is 6.54 Å². The molecule has 0 amide bonds. The molecular formula is C26H28N8. The van der Waals surface area contributed by atoms with Crippen molar-refractivity contribution in [3.8, 4) is 28.7 Å². The zero-order valence-corrected chi connectivity index (χ0v) is 19.8. The molecule has 0 aliphatic carbocycles. The lowest BCUT2D eigenvalue weighted by molar-refractivity contribution is 0.133. The largest absolute Gasteiger partial charge is 0.356 e. The predicted octanol–water partition coefficient (Wildman–Crippen LogP) is 2.93. The van der Waals surface area contributed by atoms with Crippen molar-refractivity contribution in [3.05, 3.63) is 66.3 Å². The second-order valence-corrected chi connectivity index (χ2v) is 9.57. The topological polar surface area (TPSA) is 69.2 Å². The molecule has 0 spiro atoms.